The van der Waals surface area contributed by atoms with Crippen LogP contribution in [0, 0.1) is 6.92 Å². The van der Waals surface area contributed by atoms with Crippen LogP contribution >= 0.6 is 11.8 Å². The van der Waals surface area contributed by atoms with E-state index in [9.17, 15) is 18.0 Å². The Hall–Kier alpha value is -1.83. The number of halogens is 3. The van der Waals surface area contributed by atoms with E-state index in [1.165, 1.54) is 0 Å². The average molecular weight is 341 g/mol. The number of hydrogen-bond acceptors (Lipinski definition) is 4. The molecular weight excluding hydrogens is 327 g/mol. The van der Waals surface area contributed by atoms with Gasteiger partial charge in [0.05, 0.1) is 5.69 Å². The molecule has 1 aliphatic carbocycles. The van der Waals surface area contributed by atoms with Crippen molar-refractivity contribution >= 4 is 11.8 Å². The summed E-state index contributed by atoms with van der Waals surface area (Å²) < 4.78 is 39.2. The largest absolute Gasteiger partial charge is 0.433 e. The fourth-order valence-electron chi connectivity index (χ4n) is 2.64. The molecule has 0 fully saturated rings. The second-order valence-corrected chi connectivity index (χ2v) is 6.36. The third-order valence-electron chi connectivity index (χ3n) is 3.83. The monoisotopic (exact) mass is 341 g/mol. The van der Waals surface area contributed by atoms with Crippen LogP contribution in [0.5, 0.6) is 0 Å². The van der Waals surface area contributed by atoms with Gasteiger partial charge in [0, 0.05) is 17.5 Å². The van der Waals surface area contributed by atoms with Crippen LogP contribution in [-0.4, -0.2) is 15.0 Å². The minimum Gasteiger partial charge on any atom is -0.301 e. The lowest BCUT2D eigenvalue weighted by Gasteiger charge is -2.13. The van der Waals surface area contributed by atoms with Crippen LogP contribution in [0.25, 0.3) is 0 Å². The van der Waals surface area contributed by atoms with E-state index in [2.05, 4.69) is 15.0 Å². The van der Waals surface area contributed by atoms with Crippen molar-refractivity contribution in [2.75, 3.05) is 0 Å². The van der Waals surface area contributed by atoms with Gasteiger partial charge in [-0.3, -0.25) is 9.78 Å². The first-order chi connectivity index (χ1) is 10.9. The number of pyridine rings is 1. The van der Waals surface area contributed by atoms with Crippen molar-refractivity contribution < 1.29 is 13.2 Å². The molecule has 0 atom stereocenters. The SMILES string of the molecule is Cc1ccnc(C(F)(F)F)c1CSc1nc2c(c(=O)[nH]1)CCC2. The third kappa shape index (κ3) is 3.26. The van der Waals surface area contributed by atoms with E-state index >= 15 is 0 Å². The van der Waals surface area contributed by atoms with Crippen LogP contribution in [0.3, 0.4) is 0 Å². The highest BCUT2D eigenvalue weighted by Gasteiger charge is 2.35. The zero-order valence-corrected chi connectivity index (χ0v) is 13.1. The van der Waals surface area contributed by atoms with Gasteiger partial charge in [-0.05, 0) is 43.4 Å². The lowest BCUT2D eigenvalue weighted by molar-refractivity contribution is -0.141. The molecule has 4 nitrogen and oxygen atoms in total. The molecule has 0 radical (unpaired) electrons. The van der Waals surface area contributed by atoms with Gasteiger partial charge >= 0.3 is 6.18 Å². The van der Waals surface area contributed by atoms with E-state index in [1.807, 2.05) is 0 Å². The van der Waals surface area contributed by atoms with E-state index in [-0.39, 0.29) is 16.9 Å². The van der Waals surface area contributed by atoms with Crippen molar-refractivity contribution in [1.29, 1.82) is 0 Å². The molecule has 1 N–H and O–H groups in total. The van der Waals surface area contributed by atoms with Crippen LogP contribution < -0.4 is 5.56 Å². The van der Waals surface area contributed by atoms with Gasteiger partial charge in [-0.25, -0.2) is 4.98 Å². The van der Waals surface area contributed by atoms with Gasteiger partial charge < -0.3 is 4.98 Å². The number of aromatic nitrogens is 3. The normalized spacial score (nSPS) is 14.1. The maximum atomic E-state index is 13.1. The number of fused-ring (bicyclic) bond motifs is 1. The first kappa shape index (κ1) is 16.0. The maximum absolute atomic E-state index is 13.1. The van der Waals surface area contributed by atoms with E-state index in [0.717, 1.165) is 36.5 Å². The highest BCUT2D eigenvalue weighted by atomic mass is 32.2. The minimum atomic E-state index is -4.50. The van der Waals surface area contributed by atoms with Crippen LogP contribution in [0.4, 0.5) is 13.2 Å². The van der Waals surface area contributed by atoms with Crippen molar-refractivity contribution in [3.63, 3.8) is 0 Å². The number of nitrogens with one attached hydrogen (secondary N) is 1. The Kier molecular flexibility index (Phi) is 4.18. The Bertz CT molecular complexity index is 802. The minimum absolute atomic E-state index is 0.0518. The van der Waals surface area contributed by atoms with Crippen LogP contribution in [0.1, 0.15) is 34.5 Å². The molecule has 23 heavy (non-hydrogen) atoms. The van der Waals surface area contributed by atoms with Crippen LogP contribution in [0.15, 0.2) is 22.2 Å². The van der Waals surface area contributed by atoms with Gasteiger partial charge in [0.15, 0.2) is 5.16 Å². The van der Waals surface area contributed by atoms with Gasteiger partial charge in [0.1, 0.15) is 5.69 Å². The van der Waals surface area contributed by atoms with Gasteiger partial charge in [-0.1, -0.05) is 11.8 Å². The maximum Gasteiger partial charge on any atom is 0.433 e. The molecule has 0 saturated heterocycles. The van der Waals surface area contributed by atoms with Crippen molar-refractivity contribution in [1.82, 2.24) is 15.0 Å². The van der Waals surface area contributed by atoms with Crippen molar-refractivity contribution in [3.8, 4) is 0 Å². The molecular formula is C15H14F3N3OS. The zero-order valence-electron chi connectivity index (χ0n) is 12.3. The highest BCUT2D eigenvalue weighted by Crippen LogP contribution is 2.34. The van der Waals surface area contributed by atoms with Crippen molar-refractivity contribution in [3.05, 3.63) is 50.7 Å². The molecule has 0 amide bonds. The number of thioether (sulfide) groups is 1. The number of H-pyrrole nitrogens is 1. The van der Waals surface area contributed by atoms with E-state index < -0.39 is 11.9 Å². The second-order valence-electron chi connectivity index (χ2n) is 5.39. The quantitative estimate of drug-likeness (QED) is 0.688. The molecule has 0 aliphatic heterocycles. The highest BCUT2D eigenvalue weighted by molar-refractivity contribution is 7.98. The molecule has 2 heterocycles. The smallest absolute Gasteiger partial charge is 0.301 e. The van der Waals surface area contributed by atoms with Crippen LogP contribution in [0.2, 0.25) is 0 Å². The van der Waals surface area contributed by atoms with E-state index in [0.29, 0.717) is 22.7 Å². The molecule has 122 valence electrons. The van der Waals surface area contributed by atoms with Gasteiger partial charge in [-0.2, -0.15) is 13.2 Å². The van der Waals surface area contributed by atoms with Gasteiger partial charge in [0.2, 0.25) is 0 Å². The molecule has 0 aromatic carbocycles. The summed E-state index contributed by atoms with van der Waals surface area (Å²) >= 11 is 1.09. The number of hydrogen-bond donors (Lipinski definition) is 1. The summed E-state index contributed by atoms with van der Waals surface area (Å²) in [7, 11) is 0. The second kappa shape index (κ2) is 5.99. The summed E-state index contributed by atoms with van der Waals surface area (Å²) in [6, 6.07) is 1.55. The number of rotatable bonds is 3. The predicted octanol–water partition coefficient (Wildman–Crippen LogP) is 3.27. The topological polar surface area (TPSA) is 58.6 Å². The standard InChI is InChI=1S/C15H14F3N3OS/c1-8-5-6-19-12(15(16,17)18)10(8)7-23-14-20-11-4-2-3-9(11)13(22)21-14/h5-6H,2-4,7H2,1H3,(H,20,21,22). The Balaban J connectivity index is 1.87. The fraction of sp³-hybridized carbons (Fsp3) is 0.400. The molecule has 0 saturated carbocycles. The van der Waals surface area contributed by atoms with Gasteiger partial charge in [0.25, 0.3) is 5.56 Å². The average Bonchev–Trinajstić information content (AvgIpc) is 2.93. The molecule has 0 bridgehead atoms. The Morgan fingerprint density at radius 3 is 2.87 bits per heavy atom. The van der Waals surface area contributed by atoms with E-state index in [1.54, 1.807) is 13.0 Å². The molecule has 0 unspecified atom stereocenters. The summed E-state index contributed by atoms with van der Waals surface area (Å²) in [5.74, 6) is 0.0518. The first-order valence-corrected chi connectivity index (χ1v) is 8.11. The molecule has 3 rings (SSSR count). The number of alkyl halides is 3. The third-order valence-corrected chi connectivity index (χ3v) is 4.73. The van der Waals surface area contributed by atoms with Crippen LogP contribution in [-0.2, 0) is 24.8 Å². The summed E-state index contributed by atoms with van der Waals surface area (Å²) in [5, 5.41) is 0.354. The molecule has 1 aliphatic rings. The Morgan fingerprint density at radius 1 is 1.35 bits per heavy atom. The summed E-state index contributed by atoms with van der Waals surface area (Å²) in [5.41, 5.74) is 1.03. The Morgan fingerprint density at radius 2 is 2.13 bits per heavy atom. The Labute approximate surface area is 134 Å². The number of aryl methyl sites for hydroxylation is 2. The number of nitrogens with zero attached hydrogens (tertiary/aromatic N) is 2. The molecule has 8 heteroatoms. The fourth-order valence-corrected chi connectivity index (χ4v) is 3.63. The summed E-state index contributed by atoms with van der Waals surface area (Å²) in [6.07, 6.45) is -1.00. The molecule has 2 aromatic rings. The molecule has 2 aromatic heterocycles. The lowest BCUT2D eigenvalue weighted by atomic mass is 10.1. The van der Waals surface area contributed by atoms with Gasteiger partial charge in [-0.15, -0.1) is 0 Å². The summed E-state index contributed by atoms with van der Waals surface area (Å²) in [4.78, 5) is 22.4. The van der Waals surface area contributed by atoms with Crippen molar-refractivity contribution in [2.45, 2.75) is 43.3 Å². The summed E-state index contributed by atoms with van der Waals surface area (Å²) in [6.45, 7) is 1.62. The molecule has 0 spiro atoms. The predicted molar refractivity (Wildman–Crippen MR) is 80.4 cm³/mol. The number of aromatic amines is 1. The first-order valence-electron chi connectivity index (χ1n) is 7.13. The zero-order chi connectivity index (χ0) is 16.6. The van der Waals surface area contributed by atoms with E-state index in [4.69, 9.17) is 0 Å². The lowest BCUT2D eigenvalue weighted by Crippen LogP contribution is -2.15. The van der Waals surface area contributed by atoms with Crippen molar-refractivity contribution in [2.24, 2.45) is 0 Å².